The van der Waals surface area contributed by atoms with Crippen LogP contribution in [0.4, 0.5) is 5.69 Å². The lowest BCUT2D eigenvalue weighted by molar-refractivity contribution is 0.0670. The quantitative estimate of drug-likeness (QED) is 0.432. The summed E-state index contributed by atoms with van der Waals surface area (Å²) in [6, 6.07) is 28.9. The average molecular weight is 391 g/mol. The molecule has 0 spiro atoms. The molecule has 1 aliphatic rings. The Hall–Kier alpha value is -2.62. The van der Waals surface area contributed by atoms with Gasteiger partial charge in [0.25, 0.3) is 0 Å². The Balaban J connectivity index is 1.84. The number of halogens is 1. The molecule has 0 aliphatic carbocycles. The Morgan fingerprint density at radius 1 is 0.786 bits per heavy atom. The van der Waals surface area contributed by atoms with Gasteiger partial charge in [-0.05, 0) is 35.4 Å². The maximum atomic E-state index is 6.08. The Morgan fingerprint density at radius 3 is 1.86 bits per heavy atom. The Bertz CT molecular complexity index is 865. The molecule has 4 rings (SSSR count). The molecule has 0 amide bonds. The van der Waals surface area contributed by atoms with E-state index in [4.69, 9.17) is 21.3 Å². The van der Waals surface area contributed by atoms with Crippen molar-refractivity contribution in [3.63, 3.8) is 0 Å². The zero-order chi connectivity index (χ0) is 19.2. The van der Waals surface area contributed by atoms with E-state index in [9.17, 15) is 0 Å². The minimum Gasteiger partial charge on any atom is -0.378 e. The molecule has 3 aromatic carbocycles. The third-order valence-corrected chi connectivity index (χ3v) is 5.18. The van der Waals surface area contributed by atoms with E-state index in [1.165, 1.54) is 11.1 Å². The number of hydrogen-bond donors (Lipinski definition) is 0. The fourth-order valence-corrected chi connectivity index (χ4v) is 3.67. The number of benzene rings is 3. The van der Waals surface area contributed by atoms with Gasteiger partial charge in [-0.25, -0.2) is 4.99 Å². The number of amidine groups is 1. The predicted molar refractivity (Wildman–Crippen MR) is 116 cm³/mol. The van der Waals surface area contributed by atoms with Gasteiger partial charge in [-0.15, -0.1) is 0 Å². The Kier molecular flexibility index (Phi) is 6.05. The van der Waals surface area contributed by atoms with Crippen LogP contribution in [-0.4, -0.2) is 37.0 Å². The highest BCUT2D eigenvalue weighted by Crippen LogP contribution is 2.30. The highest BCUT2D eigenvalue weighted by atomic mass is 35.5. The maximum absolute atomic E-state index is 6.08. The molecular weight excluding hydrogens is 368 g/mol. The first-order valence-corrected chi connectivity index (χ1v) is 9.96. The van der Waals surface area contributed by atoms with Gasteiger partial charge in [0.05, 0.1) is 24.8 Å². The van der Waals surface area contributed by atoms with Crippen molar-refractivity contribution in [2.75, 3.05) is 26.3 Å². The van der Waals surface area contributed by atoms with Crippen molar-refractivity contribution in [3.05, 3.63) is 101 Å². The van der Waals surface area contributed by atoms with Gasteiger partial charge >= 0.3 is 0 Å². The van der Waals surface area contributed by atoms with E-state index in [2.05, 4.69) is 65.6 Å². The van der Waals surface area contributed by atoms with Gasteiger partial charge in [0.15, 0.2) is 0 Å². The van der Waals surface area contributed by atoms with E-state index in [1.54, 1.807) is 0 Å². The van der Waals surface area contributed by atoms with Crippen molar-refractivity contribution >= 4 is 23.1 Å². The number of aliphatic imine (C=N–C) groups is 1. The summed E-state index contributed by atoms with van der Waals surface area (Å²) >= 11 is 6.08. The largest absolute Gasteiger partial charge is 0.378 e. The third-order valence-electron chi connectivity index (χ3n) is 4.93. The van der Waals surface area contributed by atoms with Gasteiger partial charge in [-0.1, -0.05) is 72.3 Å². The molecule has 0 saturated carbocycles. The molecule has 28 heavy (non-hydrogen) atoms. The summed E-state index contributed by atoms with van der Waals surface area (Å²) in [4.78, 5) is 7.45. The molecule has 1 aliphatic heterocycles. The van der Waals surface area contributed by atoms with Crippen LogP contribution in [0.15, 0.2) is 89.9 Å². The van der Waals surface area contributed by atoms with Crippen LogP contribution in [0.2, 0.25) is 5.02 Å². The molecule has 4 heteroatoms. The van der Waals surface area contributed by atoms with E-state index in [-0.39, 0.29) is 5.92 Å². The smallest absolute Gasteiger partial charge is 0.117 e. The molecule has 0 N–H and O–H groups in total. The summed E-state index contributed by atoms with van der Waals surface area (Å²) in [7, 11) is 0. The summed E-state index contributed by atoms with van der Waals surface area (Å²) < 4.78 is 5.59. The molecule has 0 atom stereocenters. The van der Waals surface area contributed by atoms with Gasteiger partial charge < -0.3 is 9.64 Å². The van der Waals surface area contributed by atoms with Crippen molar-refractivity contribution < 1.29 is 4.74 Å². The van der Waals surface area contributed by atoms with E-state index in [0.717, 1.165) is 42.8 Å². The van der Waals surface area contributed by atoms with Gasteiger partial charge in [0, 0.05) is 18.1 Å². The van der Waals surface area contributed by atoms with Crippen LogP contribution in [0, 0.1) is 0 Å². The van der Waals surface area contributed by atoms with Crippen LogP contribution in [-0.2, 0) is 4.74 Å². The van der Waals surface area contributed by atoms with Crippen molar-refractivity contribution in [2.24, 2.45) is 4.99 Å². The van der Waals surface area contributed by atoms with Crippen molar-refractivity contribution in [1.82, 2.24) is 4.90 Å². The average Bonchev–Trinajstić information content (AvgIpc) is 2.77. The predicted octanol–water partition coefficient (Wildman–Crippen LogP) is 5.53. The summed E-state index contributed by atoms with van der Waals surface area (Å²) in [5, 5.41) is 0.717. The molecule has 1 fully saturated rings. The Morgan fingerprint density at radius 2 is 1.32 bits per heavy atom. The number of rotatable bonds is 4. The molecule has 0 aromatic heterocycles. The Labute approximate surface area is 171 Å². The second-order valence-electron chi connectivity index (χ2n) is 6.80. The zero-order valence-electron chi connectivity index (χ0n) is 15.7. The van der Waals surface area contributed by atoms with Crippen molar-refractivity contribution in [1.29, 1.82) is 0 Å². The molecule has 3 aromatic rings. The fraction of sp³-hybridized carbons (Fsp3) is 0.208. The van der Waals surface area contributed by atoms with Gasteiger partial charge in [-0.2, -0.15) is 0 Å². The summed E-state index contributed by atoms with van der Waals surface area (Å²) in [6.07, 6.45) is 0. The summed E-state index contributed by atoms with van der Waals surface area (Å²) in [5.41, 5.74) is 3.36. The van der Waals surface area contributed by atoms with Crippen LogP contribution in [0.25, 0.3) is 0 Å². The number of ether oxygens (including phenoxy) is 1. The molecular formula is C24H23ClN2O. The SMILES string of the molecule is Clc1ccc(N=C(C(c2ccccc2)c2ccccc2)N2CCOCC2)cc1. The first-order valence-electron chi connectivity index (χ1n) is 9.58. The molecule has 0 unspecified atom stereocenters. The standard InChI is InChI=1S/C24H23ClN2O/c25-21-11-13-22(14-12-21)26-24(27-15-17-28-18-16-27)23(19-7-3-1-4-8-19)20-9-5-2-6-10-20/h1-14,23H,15-18H2. The fourth-order valence-electron chi connectivity index (χ4n) is 3.54. The van der Waals surface area contributed by atoms with Crippen LogP contribution in [0.5, 0.6) is 0 Å². The van der Waals surface area contributed by atoms with Crippen molar-refractivity contribution in [3.8, 4) is 0 Å². The number of nitrogens with zero attached hydrogens (tertiary/aromatic N) is 2. The van der Waals surface area contributed by atoms with Gasteiger partial charge in [-0.3, -0.25) is 0 Å². The third kappa shape index (κ3) is 4.44. The van der Waals surface area contributed by atoms with E-state index >= 15 is 0 Å². The van der Waals surface area contributed by atoms with Gasteiger partial charge in [0.1, 0.15) is 5.84 Å². The highest BCUT2D eigenvalue weighted by Gasteiger charge is 2.26. The number of morpholine rings is 1. The molecule has 0 radical (unpaired) electrons. The summed E-state index contributed by atoms with van der Waals surface area (Å²) in [5.74, 6) is 1.10. The zero-order valence-corrected chi connectivity index (χ0v) is 16.4. The topological polar surface area (TPSA) is 24.8 Å². The number of hydrogen-bond acceptors (Lipinski definition) is 2. The van der Waals surface area contributed by atoms with Crippen LogP contribution in [0.1, 0.15) is 17.0 Å². The van der Waals surface area contributed by atoms with Crippen LogP contribution < -0.4 is 0 Å². The highest BCUT2D eigenvalue weighted by molar-refractivity contribution is 6.30. The lowest BCUT2D eigenvalue weighted by Gasteiger charge is -2.34. The molecule has 0 bridgehead atoms. The van der Waals surface area contributed by atoms with E-state index in [0.29, 0.717) is 0 Å². The minimum atomic E-state index is 0.0520. The molecule has 1 saturated heterocycles. The lowest BCUT2D eigenvalue weighted by atomic mass is 9.89. The maximum Gasteiger partial charge on any atom is 0.117 e. The van der Waals surface area contributed by atoms with Crippen LogP contribution >= 0.6 is 11.6 Å². The first kappa shape index (κ1) is 18.7. The van der Waals surface area contributed by atoms with Crippen LogP contribution in [0.3, 0.4) is 0 Å². The normalized spacial score (nSPS) is 15.1. The monoisotopic (exact) mass is 390 g/mol. The lowest BCUT2D eigenvalue weighted by Crippen LogP contribution is -2.43. The molecule has 1 heterocycles. The molecule has 3 nitrogen and oxygen atoms in total. The second kappa shape index (κ2) is 9.05. The summed E-state index contributed by atoms with van der Waals surface area (Å²) in [6.45, 7) is 3.11. The van der Waals surface area contributed by atoms with Gasteiger partial charge in [0.2, 0.25) is 0 Å². The van der Waals surface area contributed by atoms with Crippen molar-refractivity contribution in [2.45, 2.75) is 5.92 Å². The van der Waals surface area contributed by atoms with E-state index < -0.39 is 0 Å². The minimum absolute atomic E-state index is 0.0520. The second-order valence-corrected chi connectivity index (χ2v) is 7.24. The van der Waals surface area contributed by atoms with E-state index in [1.807, 2.05) is 24.3 Å². The molecule has 142 valence electrons. The first-order chi connectivity index (χ1) is 13.8.